The highest BCUT2D eigenvalue weighted by molar-refractivity contribution is 5.97. The number of nitrogens with zero attached hydrogens (tertiary/aromatic N) is 2. The van der Waals surface area contributed by atoms with E-state index < -0.39 is 10.8 Å². The fraction of sp³-hybridized carbons (Fsp3) is 0.238. The molecular formula is C21H21N3O5. The molecule has 0 unspecified atom stereocenters. The Morgan fingerprint density at radius 1 is 1.21 bits per heavy atom. The van der Waals surface area contributed by atoms with Crippen molar-refractivity contribution in [2.24, 2.45) is 0 Å². The first-order valence-corrected chi connectivity index (χ1v) is 9.11. The number of hydrogen-bond acceptors (Lipinski definition) is 6. The summed E-state index contributed by atoms with van der Waals surface area (Å²) in [6.45, 7) is 4.10. The van der Waals surface area contributed by atoms with Gasteiger partial charge in [-0.25, -0.2) is 0 Å². The number of aromatic nitrogens is 1. The van der Waals surface area contributed by atoms with Crippen LogP contribution in [0.15, 0.2) is 53.1 Å². The molecule has 1 heterocycles. The smallest absolute Gasteiger partial charge is 0.270 e. The first-order chi connectivity index (χ1) is 14.0. The summed E-state index contributed by atoms with van der Waals surface area (Å²) in [5.74, 6) is 0.449. The standard InChI is InChI=1S/C21H21N3O5/c1-14-19(15(2)29-23-14)13-28-20-9-8-17(24(26)27)12-18(20)21(25)22-11-10-16-6-4-3-5-7-16/h3-9,12H,10-11,13H2,1-2H3,(H,22,25). The van der Waals surface area contributed by atoms with Crippen molar-refractivity contribution in [2.45, 2.75) is 26.9 Å². The van der Waals surface area contributed by atoms with Gasteiger partial charge in [-0.15, -0.1) is 0 Å². The highest BCUT2D eigenvalue weighted by Gasteiger charge is 2.19. The van der Waals surface area contributed by atoms with Crippen LogP contribution in [0.1, 0.15) is 32.9 Å². The van der Waals surface area contributed by atoms with Crippen molar-refractivity contribution in [3.05, 3.63) is 86.8 Å². The number of hydrogen-bond donors (Lipinski definition) is 1. The minimum absolute atomic E-state index is 0.110. The van der Waals surface area contributed by atoms with Gasteiger partial charge in [0, 0.05) is 18.7 Å². The third-order valence-electron chi connectivity index (χ3n) is 4.51. The van der Waals surface area contributed by atoms with Crippen molar-refractivity contribution in [3.8, 4) is 5.75 Å². The minimum Gasteiger partial charge on any atom is -0.488 e. The number of aryl methyl sites for hydroxylation is 2. The van der Waals surface area contributed by atoms with Gasteiger partial charge >= 0.3 is 0 Å². The van der Waals surface area contributed by atoms with Gasteiger partial charge < -0.3 is 14.6 Å². The van der Waals surface area contributed by atoms with Crippen LogP contribution in [0.25, 0.3) is 0 Å². The molecule has 3 aromatic rings. The average Bonchev–Trinajstić information content (AvgIpc) is 3.04. The fourth-order valence-electron chi connectivity index (χ4n) is 2.85. The van der Waals surface area contributed by atoms with E-state index in [1.165, 1.54) is 18.2 Å². The number of amides is 1. The molecule has 0 fully saturated rings. The number of rotatable bonds is 8. The van der Waals surface area contributed by atoms with Gasteiger partial charge in [0.2, 0.25) is 0 Å². The zero-order chi connectivity index (χ0) is 20.8. The lowest BCUT2D eigenvalue weighted by Gasteiger charge is -2.12. The summed E-state index contributed by atoms with van der Waals surface area (Å²) in [5.41, 5.74) is 2.49. The van der Waals surface area contributed by atoms with Gasteiger partial charge in [-0.1, -0.05) is 35.5 Å². The molecule has 0 saturated carbocycles. The van der Waals surface area contributed by atoms with Crippen LogP contribution in [0.5, 0.6) is 5.75 Å². The normalized spacial score (nSPS) is 10.6. The van der Waals surface area contributed by atoms with Crippen LogP contribution in [0.4, 0.5) is 5.69 Å². The molecule has 0 aliphatic carbocycles. The summed E-state index contributed by atoms with van der Waals surface area (Å²) < 4.78 is 10.9. The summed E-state index contributed by atoms with van der Waals surface area (Å²) in [7, 11) is 0. The van der Waals surface area contributed by atoms with Crippen molar-refractivity contribution >= 4 is 11.6 Å². The molecule has 1 amide bonds. The zero-order valence-corrected chi connectivity index (χ0v) is 16.2. The summed E-state index contributed by atoms with van der Waals surface area (Å²) in [6, 6.07) is 13.7. The Kier molecular flexibility index (Phi) is 6.23. The third-order valence-corrected chi connectivity index (χ3v) is 4.51. The van der Waals surface area contributed by atoms with Gasteiger partial charge in [0.1, 0.15) is 18.1 Å². The van der Waals surface area contributed by atoms with Crippen molar-refractivity contribution < 1.29 is 19.0 Å². The lowest BCUT2D eigenvalue weighted by Crippen LogP contribution is -2.26. The molecule has 8 nitrogen and oxygen atoms in total. The Bertz CT molecular complexity index is 995. The van der Waals surface area contributed by atoms with E-state index in [1.807, 2.05) is 30.3 Å². The van der Waals surface area contributed by atoms with Crippen LogP contribution < -0.4 is 10.1 Å². The van der Waals surface area contributed by atoms with Crippen molar-refractivity contribution in [3.63, 3.8) is 0 Å². The molecular weight excluding hydrogens is 374 g/mol. The minimum atomic E-state index is -0.543. The molecule has 3 rings (SSSR count). The maximum Gasteiger partial charge on any atom is 0.270 e. The van der Waals surface area contributed by atoms with Gasteiger partial charge in [0.25, 0.3) is 11.6 Å². The van der Waals surface area contributed by atoms with Crippen LogP contribution in [-0.2, 0) is 13.0 Å². The van der Waals surface area contributed by atoms with Crippen molar-refractivity contribution in [1.82, 2.24) is 10.5 Å². The zero-order valence-electron chi connectivity index (χ0n) is 16.2. The van der Waals surface area contributed by atoms with Gasteiger partial charge in [-0.3, -0.25) is 14.9 Å². The van der Waals surface area contributed by atoms with E-state index >= 15 is 0 Å². The van der Waals surface area contributed by atoms with Gasteiger partial charge in [0.15, 0.2) is 0 Å². The topological polar surface area (TPSA) is 108 Å². The lowest BCUT2D eigenvalue weighted by atomic mass is 10.1. The number of carbonyl (C=O) groups is 1. The van der Waals surface area contributed by atoms with E-state index in [0.29, 0.717) is 24.4 Å². The van der Waals surface area contributed by atoms with Gasteiger partial charge in [-0.2, -0.15) is 0 Å². The lowest BCUT2D eigenvalue weighted by molar-refractivity contribution is -0.384. The van der Waals surface area contributed by atoms with E-state index in [-0.39, 0.29) is 23.6 Å². The Morgan fingerprint density at radius 2 is 1.97 bits per heavy atom. The number of benzene rings is 2. The van der Waals surface area contributed by atoms with Gasteiger partial charge in [0.05, 0.1) is 21.7 Å². The van der Waals surface area contributed by atoms with E-state index in [1.54, 1.807) is 13.8 Å². The maximum absolute atomic E-state index is 12.7. The molecule has 2 aromatic carbocycles. The maximum atomic E-state index is 12.7. The van der Waals surface area contributed by atoms with Crippen molar-refractivity contribution in [2.75, 3.05) is 6.54 Å². The van der Waals surface area contributed by atoms with Crippen molar-refractivity contribution in [1.29, 1.82) is 0 Å². The second-order valence-electron chi connectivity index (χ2n) is 6.52. The monoisotopic (exact) mass is 395 g/mol. The molecule has 0 saturated heterocycles. The number of nitro groups is 1. The van der Waals surface area contributed by atoms with Crippen LogP contribution >= 0.6 is 0 Å². The predicted molar refractivity (Wildman–Crippen MR) is 106 cm³/mol. The first-order valence-electron chi connectivity index (χ1n) is 9.11. The Hall–Kier alpha value is -3.68. The first kappa shape index (κ1) is 20.1. The summed E-state index contributed by atoms with van der Waals surface area (Å²) in [5, 5.41) is 17.8. The van der Waals surface area contributed by atoms with Gasteiger partial charge in [-0.05, 0) is 31.9 Å². The average molecular weight is 395 g/mol. The predicted octanol–water partition coefficient (Wildman–Crippen LogP) is 3.75. The highest BCUT2D eigenvalue weighted by Crippen LogP contribution is 2.26. The molecule has 0 spiro atoms. The molecule has 150 valence electrons. The molecule has 8 heteroatoms. The Labute approximate surface area is 167 Å². The quantitative estimate of drug-likeness (QED) is 0.460. The van der Waals surface area contributed by atoms with Crippen LogP contribution in [0, 0.1) is 24.0 Å². The number of nitro benzene ring substituents is 1. The fourth-order valence-corrected chi connectivity index (χ4v) is 2.85. The van der Waals surface area contributed by atoms with Crippen LogP contribution in [-0.4, -0.2) is 22.5 Å². The molecule has 1 N–H and O–H groups in total. The van der Waals surface area contributed by atoms with E-state index in [4.69, 9.17) is 9.26 Å². The van der Waals surface area contributed by atoms with E-state index in [9.17, 15) is 14.9 Å². The molecule has 0 aliphatic rings. The number of carbonyl (C=O) groups excluding carboxylic acids is 1. The van der Waals surface area contributed by atoms with Crippen LogP contribution in [0.3, 0.4) is 0 Å². The second-order valence-corrected chi connectivity index (χ2v) is 6.52. The molecule has 29 heavy (non-hydrogen) atoms. The second kappa shape index (κ2) is 9.01. The van der Waals surface area contributed by atoms with E-state index in [0.717, 1.165) is 11.1 Å². The summed E-state index contributed by atoms with van der Waals surface area (Å²) >= 11 is 0. The summed E-state index contributed by atoms with van der Waals surface area (Å²) in [6.07, 6.45) is 0.650. The SMILES string of the molecule is Cc1noc(C)c1COc1ccc([N+](=O)[O-])cc1C(=O)NCCc1ccccc1. The largest absolute Gasteiger partial charge is 0.488 e. The van der Waals surface area contributed by atoms with Crippen LogP contribution in [0.2, 0.25) is 0 Å². The number of ether oxygens (including phenoxy) is 1. The Morgan fingerprint density at radius 3 is 2.62 bits per heavy atom. The number of nitrogens with one attached hydrogen (secondary N) is 1. The summed E-state index contributed by atoms with van der Waals surface area (Å²) in [4.78, 5) is 23.3. The Balaban J connectivity index is 1.74. The number of non-ortho nitro benzene ring substituents is 1. The van der Waals surface area contributed by atoms with E-state index in [2.05, 4.69) is 10.5 Å². The molecule has 1 aromatic heterocycles. The molecule has 0 atom stereocenters. The molecule has 0 radical (unpaired) electrons. The molecule has 0 bridgehead atoms. The molecule has 0 aliphatic heterocycles. The highest BCUT2D eigenvalue weighted by atomic mass is 16.6. The third kappa shape index (κ3) is 4.98.